The van der Waals surface area contributed by atoms with E-state index in [2.05, 4.69) is 0 Å². The molecular weight excluding hydrogens is 288 g/mol. The zero-order valence-corrected chi connectivity index (χ0v) is 14.0. The van der Waals surface area contributed by atoms with E-state index >= 15 is 0 Å². The van der Waals surface area contributed by atoms with Crippen LogP contribution in [0.1, 0.15) is 34.1 Å². The van der Waals surface area contributed by atoms with Gasteiger partial charge in [-0.1, -0.05) is 18.2 Å². The summed E-state index contributed by atoms with van der Waals surface area (Å²) in [4.78, 5) is 0. The van der Waals surface area contributed by atoms with E-state index in [-0.39, 0.29) is 36.7 Å². The Morgan fingerprint density at radius 3 is 2.14 bits per heavy atom. The molecule has 6 heteroatoms. The summed E-state index contributed by atoms with van der Waals surface area (Å²) in [5.41, 5.74) is 5.48. The molecule has 1 fully saturated rings. The molecule has 0 radical (unpaired) electrons. The van der Waals surface area contributed by atoms with Crippen molar-refractivity contribution in [3.63, 3.8) is 0 Å². The molecule has 2 rings (SSSR count). The third kappa shape index (κ3) is 4.36. The minimum Gasteiger partial charge on any atom is -0.494 e. The number of hydrogen-bond donors (Lipinski definition) is 1. The number of benzene rings is 1. The van der Waals surface area contributed by atoms with Gasteiger partial charge in [0.05, 0.1) is 17.8 Å². The van der Waals surface area contributed by atoms with Crippen molar-refractivity contribution < 1.29 is 14.0 Å². The molecule has 1 heterocycles. The second-order valence-electron chi connectivity index (χ2n) is 6.24. The van der Waals surface area contributed by atoms with E-state index in [1.165, 1.54) is 0 Å². The number of halogens is 1. The Morgan fingerprint density at radius 1 is 1.10 bits per heavy atom. The van der Waals surface area contributed by atoms with E-state index in [1.807, 2.05) is 58.0 Å². The molecule has 0 spiro atoms. The Morgan fingerprint density at radius 2 is 1.62 bits per heavy atom. The van der Waals surface area contributed by atoms with E-state index in [4.69, 9.17) is 19.8 Å². The standard InChI is InChI=1S/C15H24BNO3.ClH/c1-14(2)15(3,4)20-16(19-14)13(17)10-11-18-12-8-6-5-7-9-12;/h5-9,13H,10-11,17H2,1-4H3;1H. The van der Waals surface area contributed by atoms with Crippen molar-refractivity contribution in [3.8, 4) is 5.75 Å². The van der Waals surface area contributed by atoms with Crippen LogP contribution in [0, 0.1) is 0 Å². The van der Waals surface area contributed by atoms with Crippen molar-refractivity contribution in [2.75, 3.05) is 6.61 Å². The second kappa shape index (κ2) is 7.01. The first-order valence-electron chi connectivity index (χ1n) is 7.11. The third-order valence-electron chi connectivity index (χ3n) is 4.08. The van der Waals surface area contributed by atoms with Crippen molar-refractivity contribution in [1.82, 2.24) is 0 Å². The summed E-state index contributed by atoms with van der Waals surface area (Å²) >= 11 is 0. The van der Waals surface area contributed by atoms with Crippen LogP contribution >= 0.6 is 12.4 Å². The summed E-state index contributed by atoms with van der Waals surface area (Å²) in [5, 5.41) is 0. The van der Waals surface area contributed by atoms with Gasteiger partial charge in [0.15, 0.2) is 0 Å². The molecule has 0 bridgehead atoms. The first kappa shape index (κ1) is 18.3. The zero-order chi connectivity index (χ0) is 14.8. The second-order valence-corrected chi connectivity index (χ2v) is 6.24. The van der Waals surface area contributed by atoms with E-state index in [1.54, 1.807) is 0 Å². The van der Waals surface area contributed by atoms with Crippen LogP contribution in [0.4, 0.5) is 0 Å². The summed E-state index contributed by atoms with van der Waals surface area (Å²) in [6.07, 6.45) is 0.686. The van der Waals surface area contributed by atoms with Crippen LogP contribution in [0.25, 0.3) is 0 Å². The number of hydrogen-bond acceptors (Lipinski definition) is 4. The highest BCUT2D eigenvalue weighted by Crippen LogP contribution is 2.37. The highest BCUT2D eigenvalue weighted by Gasteiger charge is 2.52. The molecule has 1 aliphatic heterocycles. The lowest BCUT2D eigenvalue weighted by atomic mass is 9.77. The van der Waals surface area contributed by atoms with Gasteiger partial charge in [-0.3, -0.25) is 0 Å². The Labute approximate surface area is 133 Å². The smallest absolute Gasteiger partial charge is 0.475 e. The van der Waals surface area contributed by atoms with Crippen LogP contribution in [-0.4, -0.2) is 30.9 Å². The Hall–Kier alpha value is -0.745. The van der Waals surface area contributed by atoms with Crippen molar-refractivity contribution in [1.29, 1.82) is 0 Å². The van der Waals surface area contributed by atoms with Crippen LogP contribution in [0.5, 0.6) is 5.75 Å². The Bertz CT molecular complexity index is 426. The molecular formula is C15H25BClNO3. The number of rotatable bonds is 5. The molecule has 1 aromatic carbocycles. The summed E-state index contributed by atoms with van der Waals surface area (Å²) < 4.78 is 17.5. The van der Waals surface area contributed by atoms with Crippen molar-refractivity contribution in [3.05, 3.63) is 30.3 Å². The predicted octanol–water partition coefficient (Wildman–Crippen LogP) is 2.84. The lowest BCUT2D eigenvalue weighted by molar-refractivity contribution is 0.00578. The predicted molar refractivity (Wildman–Crippen MR) is 87.9 cm³/mol. The van der Waals surface area contributed by atoms with E-state index in [0.29, 0.717) is 13.0 Å². The number of nitrogens with two attached hydrogens (primary N) is 1. The van der Waals surface area contributed by atoms with Crippen molar-refractivity contribution in [2.24, 2.45) is 5.73 Å². The minimum absolute atomic E-state index is 0. The van der Waals surface area contributed by atoms with E-state index in [0.717, 1.165) is 5.75 Å². The molecule has 1 aromatic rings. The van der Waals surface area contributed by atoms with E-state index < -0.39 is 0 Å². The monoisotopic (exact) mass is 313 g/mol. The minimum atomic E-state index is -0.376. The van der Waals surface area contributed by atoms with Crippen LogP contribution in [-0.2, 0) is 9.31 Å². The molecule has 1 aliphatic rings. The summed E-state index contributed by atoms with van der Waals surface area (Å²) in [7, 11) is -0.376. The average molecular weight is 314 g/mol. The van der Waals surface area contributed by atoms with Crippen LogP contribution in [0.2, 0.25) is 0 Å². The van der Waals surface area contributed by atoms with Crippen molar-refractivity contribution in [2.45, 2.75) is 51.3 Å². The molecule has 1 saturated heterocycles. The fourth-order valence-corrected chi connectivity index (χ4v) is 2.03. The van der Waals surface area contributed by atoms with Gasteiger partial charge in [-0.2, -0.15) is 0 Å². The highest BCUT2D eigenvalue weighted by atomic mass is 35.5. The SMILES string of the molecule is CC1(C)OB(C(N)CCOc2ccccc2)OC1(C)C.Cl. The Kier molecular flexibility index (Phi) is 6.11. The summed E-state index contributed by atoms with van der Waals surface area (Å²) in [6, 6.07) is 9.72. The summed E-state index contributed by atoms with van der Waals surface area (Å²) in [6.45, 7) is 8.66. The maximum atomic E-state index is 6.16. The van der Waals surface area contributed by atoms with Gasteiger partial charge in [-0.15, -0.1) is 12.4 Å². The molecule has 0 amide bonds. The van der Waals surface area contributed by atoms with Crippen LogP contribution in [0.15, 0.2) is 30.3 Å². The highest BCUT2D eigenvalue weighted by molar-refractivity contribution is 6.47. The maximum Gasteiger partial charge on any atom is 0.475 e. The largest absolute Gasteiger partial charge is 0.494 e. The quantitative estimate of drug-likeness (QED) is 0.849. The molecule has 21 heavy (non-hydrogen) atoms. The first-order valence-corrected chi connectivity index (χ1v) is 7.11. The molecule has 0 saturated carbocycles. The van der Waals surface area contributed by atoms with Gasteiger partial charge >= 0.3 is 7.12 Å². The van der Waals surface area contributed by atoms with Gasteiger partial charge in [-0.25, -0.2) is 0 Å². The topological polar surface area (TPSA) is 53.7 Å². The van der Waals surface area contributed by atoms with Gasteiger partial charge in [0.1, 0.15) is 5.75 Å². The number of ether oxygens (including phenoxy) is 1. The first-order chi connectivity index (χ1) is 9.32. The normalized spacial score (nSPS) is 20.7. The molecule has 2 N–H and O–H groups in total. The average Bonchev–Trinajstić information content (AvgIpc) is 2.60. The fourth-order valence-electron chi connectivity index (χ4n) is 2.03. The summed E-state index contributed by atoms with van der Waals surface area (Å²) in [5.74, 6) is 0.661. The molecule has 118 valence electrons. The lowest BCUT2D eigenvalue weighted by Gasteiger charge is -2.32. The zero-order valence-electron chi connectivity index (χ0n) is 13.2. The van der Waals surface area contributed by atoms with Gasteiger partial charge in [0.25, 0.3) is 0 Å². The third-order valence-corrected chi connectivity index (χ3v) is 4.08. The van der Waals surface area contributed by atoms with Gasteiger partial charge in [0, 0.05) is 5.94 Å². The van der Waals surface area contributed by atoms with Crippen LogP contribution in [0.3, 0.4) is 0 Å². The molecule has 1 atom stereocenters. The molecule has 1 unspecified atom stereocenters. The van der Waals surface area contributed by atoms with Gasteiger partial charge in [-0.05, 0) is 46.2 Å². The molecule has 4 nitrogen and oxygen atoms in total. The Balaban J connectivity index is 0.00000220. The van der Waals surface area contributed by atoms with Gasteiger partial charge < -0.3 is 19.8 Å². The maximum absolute atomic E-state index is 6.16. The van der Waals surface area contributed by atoms with Gasteiger partial charge in [0.2, 0.25) is 0 Å². The lowest BCUT2D eigenvalue weighted by Crippen LogP contribution is -2.42. The fraction of sp³-hybridized carbons (Fsp3) is 0.600. The van der Waals surface area contributed by atoms with E-state index in [9.17, 15) is 0 Å². The molecule has 0 aliphatic carbocycles. The molecule has 0 aromatic heterocycles. The number of para-hydroxylation sites is 1. The van der Waals surface area contributed by atoms with Crippen molar-refractivity contribution >= 4 is 19.5 Å². The van der Waals surface area contributed by atoms with Crippen LogP contribution < -0.4 is 10.5 Å².